The normalized spacial score (nSPS) is 24.9. The molecule has 138 valence electrons. The van der Waals surface area contributed by atoms with Gasteiger partial charge in [0.1, 0.15) is 5.82 Å². The molecule has 3 unspecified atom stereocenters. The third-order valence-electron chi connectivity index (χ3n) is 5.19. The van der Waals surface area contributed by atoms with Crippen LogP contribution in [0.15, 0.2) is 33.7 Å². The van der Waals surface area contributed by atoms with Gasteiger partial charge in [-0.2, -0.15) is 5.10 Å². The number of benzene rings is 1. The standard InChI is InChI=1S/C19H25BrN6/c1-3-17-24-18-9-8-14(11-26(18)25-17)22-19(21-2)23-16-10-15(16)12-4-6-13(20)7-5-12/h4-7,14-16H,3,8-11H2,1-2H3,(H2,21,22,23). The van der Waals surface area contributed by atoms with Crippen molar-refractivity contribution in [2.45, 2.75) is 57.2 Å². The van der Waals surface area contributed by atoms with Crippen LogP contribution in [0.25, 0.3) is 0 Å². The van der Waals surface area contributed by atoms with Crippen molar-refractivity contribution in [1.29, 1.82) is 0 Å². The Bertz CT molecular complexity index is 797. The third kappa shape index (κ3) is 3.77. The molecule has 0 amide bonds. The summed E-state index contributed by atoms with van der Waals surface area (Å²) < 4.78 is 3.18. The molecular formula is C19H25BrN6. The number of aromatic nitrogens is 3. The van der Waals surface area contributed by atoms with E-state index in [2.05, 4.69) is 77.5 Å². The number of fused-ring (bicyclic) bond motifs is 1. The fraction of sp³-hybridized carbons (Fsp3) is 0.526. The maximum Gasteiger partial charge on any atom is 0.191 e. The van der Waals surface area contributed by atoms with Crippen LogP contribution < -0.4 is 10.6 Å². The molecule has 1 aliphatic heterocycles. The summed E-state index contributed by atoms with van der Waals surface area (Å²) in [7, 11) is 1.84. The van der Waals surface area contributed by atoms with Crippen LogP contribution in [0.3, 0.4) is 0 Å². The summed E-state index contributed by atoms with van der Waals surface area (Å²) in [5.74, 6) is 3.51. The van der Waals surface area contributed by atoms with E-state index in [4.69, 9.17) is 0 Å². The topological polar surface area (TPSA) is 67.1 Å². The molecule has 2 N–H and O–H groups in total. The van der Waals surface area contributed by atoms with Crippen LogP contribution in [-0.2, 0) is 19.4 Å². The van der Waals surface area contributed by atoms with Crippen molar-refractivity contribution in [3.63, 3.8) is 0 Å². The second-order valence-electron chi connectivity index (χ2n) is 7.08. The first-order chi connectivity index (χ1) is 12.7. The molecule has 4 rings (SSSR count). The van der Waals surface area contributed by atoms with Crippen molar-refractivity contribution in [1.82, 2.24) is 25.4 Å². The number of hydrogen-bond acceptors (Lipinski definition) is 3. The number of nitrogens with one attached hydrogen (secondary N) is 2. The lowest BCUT2D eigenvalue weighted by molar-refractivity contribution is 0.392. The van der Waals surface area contributed by atoms with Crippen LogP contribution in [0.2, 0.25) is 0 Å². The number of halogens is 1. The largest absolute Gasteiger partial charge is 0.353 e. The van der Waals surface area contributed by atoms with E-state index in [1.54, 1.807) is 0 Å². The van der Waals surface area contributed by atoms with E-state index in [-0.39, 0.29) is 0 Å². The van der Waals surface area contributed by atoms with Crippen molar-refractivity contribution >= 4 is 21.9 Å². The van der Waals surface area contributed by atoms with E-state index in [9.17, 15) is 0 Å². The minimum atomic E-state index is 0.338. The Labute approximate surface area is 162 Å². The zero-order chi connectivity index (χ0) is 18.1. The summed E-state index contributed by atoms with van der Waals surface area (Å²) in [5.41, 5.74) is 1.39. The molecule has 0 bridgehead atoms. The second kappa shape index (κ2) is 7.39. The predicted octanol–water partition coefficient (Wildman–Crippen LogP) is 2.64. The summed E-state index contributed by atoms with van der Waals surface area (Å²) >= 11 is 3.50. The van der Waals surface area contributed by atoms with E-state index in [0.717, 1.165) is 54.3 Å². The second-order valence-corrected chi connectivity index (χ2v) is 7.99. The van der Waals surface area contributed by atoms with Gasteiger partial charge < -0.3 is 10.6 Å². The average Bonchev–Trinajstić information content (AvgIpc) is 3.29. The number of rotatable bonds is 4. The van der Waals surface area contributed by atoms with Crippen LogP contribution in [0.5, 0.6) is 0 Å². The molecule has 1 aromatic heterocycles. The van der Waals surface area contributed by atoms with Gasteiger partial charge in [0, 0.05) is 42.4 Å². The van der Waals surface area contributed by atoms with E-state index in [1.807, 2.05) is 7.05 Å². The van der Waals surface area contributed by atoms with Gasteiger partial charge in [-0.05, 0) is 30.5 Å². The van der Waals surface area contributed by atoms with Gasteiger partial charge in [0.05, 0.1) is 6.54 Å². The lowest BCUT2D eigenvalue weighted by Gasteiger charge is -2.25. The highest BCUT2D eigenvalue weighted by atomic mass is 79.9. The summed E-state index contributed by atoms with van der Waals surface area (Å²) in [4.78, 5) is 9.01. The summed E-state index contributed by atoms with van der Waals surface area (Å²) in [5, 5.41) is 11.7. The maximum absolute atomic E-state index is 4.59. The Morgan fingerprint density at radius 2 is 2.12 bits per heavy atom. The SMILES string of the molecule is CCc1nc2n(n1)CC(NC(=NC)NC1CC1c1ccc(Br)cc1)CC2. The van der Waals surface area contributed by atoms with E-state index in [0.29, 0.717) is 18.0 Å². The molecule has 26 heavy (non-hydrogen) atoms. The van der Waals surface area contributed by atoms with Gasteiger partial charge >= 0.3 is 0 Å². The number of aryl methyl sites for hydroxylation is 2. The molecule has 1 aromatic carbocycles. The van der Waals surface area contributed by atoms with E-state index >= 15 is 0 Å². The summed E-state index contributed by atoms with van der Waals surface area (Å²) in [6.07, 6.45) is 4.07. The van der Waals surface area contributed by atoms with Crippen molar-refractivity contribution in [2.24, 2.45) is 4.99 Å². The van der Waals surface area contributed by atoms with Gasteiger partial charge in [0.15, 0.2) is 11.8 Å². The Morgan fingerprint density at radius 1 is 1.31 bits per heavy atom. The molecule has 0 spiro atoms. The summed E-state index contributed by atoms with van der Waals surface area (Å²) in [6, 6.07) is 9.42. The maximum atomic E-state index is 4.59. The van der Waals surface area contributed by atoms with Gasteiger partial charge in [0.2, 0.25) is 0 Å². The van der Waals surface area contributed by atoms with Gasteiger partial charge in [-0.1, -0.05) is 35.0 Å². The van der Waals surface area contributed by atoms with Crippen LogP contribution >= 0.6 is 15.9 Å². The zero-order valence-corrected chi connectivity index (χ0v) is 16.8. The van der Waals surface area contributed by atoms with Gasteiger partial charge in [-0.25, -0.2) is 9.67 Å². The lowest BCUT2D eigenvalue weighted by Crippen LogP contribution is -2.47. The molecule has 1 fully saturated rings. The first-order valence-electron chi connectivity index (χ1n) is 9.34. The highest BCUT2D eigenvalue weighted by Gasteiger charge is 2.39. The Hall–Kier alpha value is -1.89. The molecule has 3 atom stereocenters. The monoisotopic (exact) mass is 416 g/mol. The summed E-state index contributed by atoms with van der Waals surface area (Å²) in [6.45, 7) is 2.95. The number of nitrogens with zero attached hydrogens (tertiary/aromatic N) is 4. The molecule has 6 nitrogen and oxygen atoms in total. The minimum Gasteiger partial charge on any atom is -0.353 e. The van der Waals surface area contributed by atoms with Gasteiger partial charge in [0.25, 0.3) is 0 Å². The minimum absolute atomic E-state index is 0.338. The molecule has 2 heterocycles. The van der Waals surface area contributed by atoms with E-state index < -0.39 is 0 Å². The van der Waals surface area contributed by atoms with Gasteiger partial charge in [-0.15, -0.1) is 0 Å². The van der Waals surface area contributed by atoms with Crippen LogP contribution in [0.4, 0.5) is 0 Å². The van der Waals surface area contributed by atoms with Crippen molar-refractivity contribution < 1.29 is 0 Å². The predicted molar refractivity (Wildman–Crippen MR) is 106 cm³/mol. The van der Waals surface area contributed by atoms with Gasteiger partial charge in [-0.3, -0.25) is 4.99 Å². The first kappa shape index (κ1) is 17.5. The smallest absolute Gasteiger partial charge is 0.191 e. The highest BCUT2D eigenvalue weighted by Crippen LogP contribution is 2.41. The third-order valence-corrected chi connectivity index (χ3v) is 5.72. The zero-order valence-electron chi connectivity index (χ0n) is 15.2. The fourth-order valence-corrected chi connectivity index (χ4v) is 3.87. The Balaban J connectivity index is 1.32. The fourth-order valence-electron chi connectivity index (χ4n) is 3.60. The van der Waals surface area contributed by atoms with Crippen molar-refractivity contribution in [2.75, 3.05) is 7.05 Å². The molecule has 2 aliphatic rings. The molecule has 1 aliphatic carbocycles. The lowest BCUT2D eigenvalue weighted by atomic mass is 10.1. The van der Waals surface area contributed by atoms with Crippen molar-refractivity contribution in [3.05, 3.63) is 46.0 Å². The molecule has 7 heteroatoms. The molecule has 1 saturated carbocycles. The highest BCUT2D eigenvalue weighted by molar-refractivity contribution is 9.10. The van der Waals surface area contributed by atoms with E-state index in [1.165, 1.54) is 5.56 Å². The van der Waals surface area contributed by atoms with Crippen LogP contribution in [0, 0.1) is 0 Å². The Morgan fingerprint density at radius 3 is 2.85 bits per heavy atom. The van der Waals surface area contributed by atoms with Crippen LogP contribution in [0.1, 0.15) is 42.9 Å². The molecular weight excluding hydrogens is 392 g/mol. The average molecular weight is 417 g/mol. The van der Waals surface area contributed by atoms with Crippen LogP contribution in [-0.4, -0.2) is 39.9 Å². The number of guanidine groups is 1. The Kier molecular flexibility index (Phi) is 4.98. The van der Waals surface area contributed by atoms with Crippen molar-refractivity contribution in [3.8, 4) is 0 Å². The number of aliphatic imine (C=N–C) groups is 1. The first-order valence-corrected chi connectivity index (χ1v) is 10.1. The molecule has 2 aromatic rings. The molecule has 0 radical (unpaired) electrons. The number of hydrogen-bond donors (Lipinski definition) is 2. The quantitative estimate of drug-likeness (QED) is 0.593. The molecule has 0 saturated heterocycles.